The molecule has 0 atom stereocenters. The van der Waals surface area contributed by atoms with Crippen molar-refractivity contribution in [1.29, 1.82) is 0 Å². The van der Waals surface area contributed by atoms with Crippen LogP contribution in [0.1, 0.15) is 6.42 Å². The van der Waals surface area contributed by atoms with Crippen LogP contribution in [0.5, 0.6) is 0 Å². The van der Waals surface area contributed by atoms with Gasteiger partial charge < -0.3 is 0 Å². The number of alkyl halides is 1. The molecule has 0 saturated carbocycles. The Morgan fingerprint density at radius 1 is 1.71 bits per heavy atom. The van der Waals surface area contributed by atoms with Crippen LogP contribution in [0.15, 0.2) is 12.2 Å². The maximum atomic E-state index is 4.92. The molecular formula is C6H7Br. The molecule has 1 heteroatoms. The van der Waals surface area contributed by atoms with Crippen molar-refractivity contribution in [3.05, 3.63) is 12.2 Å². The van der Waals surface area contributed by atoms with Gasteiger partial charge in [-0.15, -0.1) is 6.42 Å². The lowest BCUT2D eigenvalue weighted by Crippen LogP contribution is -1.62. The molecule has 0 fully saturated rings. The monoisotopic (exact) mass is 158 g/mol. The SMILES string of the molecule is C#C/C=C/CCBr. The standard InChI is InChI=1S/C6H7Br/c1-2-3-4-5-6-7/h1,3-4H,5-6H2/b4-3+. The van der Waals surface area contributed by atoms with E-state index < -0.39 is 0 Å². The Hall–Kier alpha value is -0.220. The minimum Gasteiger partial charge on any atom is -0.115 e. The van der Waals surface area contributed by atoms with Crippen LogP contribution < -0.4 is 0 Å². The van der Waals surface area contributed by atoms with Crippen LogP contribution in [0, 0.1) is 12.3 Å². The highest BCUT2D eigenvalue weighted by atomic mass is 79.9. The molecule has 0 N–H and O–H groups in total. The summed E-state index contributed by atoms with van der Waals surface area (Å²) in [5, 5.41) is 0.991. The Labute approximate surface area is 52.7 Å². The molecular weight excluding hydrogens is 152 g/mol. The first-order valence-electron chi connectivity index (χ1n) is 2.09. The molecule has 0 aromatic carbocycles. The van der Waals surface area contributed by atoms with Crippen molar-refractivity contribution >= 4 is 15.9 Å². The number of halogens is 1. The second-order valence-corrected chi connectivity index (χ2v) is 1.84. The average Bonchev–Trinajstić information content (AvgIpc) is 1.69. The number of terminal acetylenes is 1. The van der Waals surface area contributed by atoms with Gasteiger partial charge in [0.1, 0.15) is 0 Å². The quantitative estimate of drug-likeness (QED) is 0.426. The van der Waals surface area contributed by atoms with Gasteiger partial charge in [0, 0.05) is 5.33 Å². The van der Waals surface area contributed by atoms with Gasteiger partial charge in [0.15, 0.2) is 0 Å². The number of rotatable bonds is 2. The Morgan fingerprint density at radius 3 is 2.86 bits per heavy atom. The third-order valence-corrected chi connectivity index (χ3v) is 0.948. The van der Waals surface area contributed by atoms with Gasteiger partial charge in [0.2, 0.25) is 0 Å². The van der Waals surface area contributed by atoms with Crippen LogP contribution in [-0.4, -0.2) is 5.33 Å². The smallest absolute Gasteiger partial charge is 0.00662 e. The second kappa shape index (κ2) is 5.78. The molecule has 0 heterocycles. The molecule has 0 radical (unpaired) electrons. The summed E-state index contributed by atoms with van der Waals surface area (Å²) >= 11 is 3.26. The van der Waals surface area contributed by atoms with Gasteiger partial charge in [0.05, 0.1) is 0 Å². The molecule has 0 aliphatic heterocycles. The van der Waals surface area contributed by atoms with Crippen molar-refractivity contribution in [2.75, 3.05) is 5.33 Å². The van der Waals surface area contributed by atoms with E-state index in [-0.39, 0.29) is 0 Å². The number of allylic oxidation sites excluding steroid dienone is 2. The zero-order chi connectivity index (χ0) is 5.54. The van der Waals surface area contributed by atoms with Crippen molar-refractivity contribution < 1.29 is 0 Å². The van der Waals surface area contributed by atoms with Gasteiger partial charge in [-0.25, -0.2) is 0 Å². The zero-order valence-electron chi connectivity index (χ0n) is 4.02. The average molecular weight is 159 g/mol. The predicted molar refractivity (Wildman–Crippen MR) is 36.4 cm³/mol. The van der Waals surface area contributed by atoms with E-state index >= 15 is 0 Å². The highest BCUT2D eigenvalue weighted by Gasteiger charge is 1.68. The normalized spacial score (nSPS) is 9.14. The van der Waals surface area contributed by atoms with E-state index in [4.69, 9.17) is 6.42 Å². The molecule has 0 aliphatic rings. The molecule has 7 heavy (non-hydrogen) atoms. The van der Waals surface area contributed by atoms with E-state index in [0.29, 0.717) is 0 Å². The summed E-state index contributed by atoms with van der Waals surface area (Å²) in [5.41, 5.74) is 0. The van der Waals surface area contributed by atoms with E-state index in [2.05, 4.69) is 21.9 Å². The lowest BCUT2D eigenvalue weighted by atomic mass is 10.4. The van der Waals surface area contributed by atoms with E-state index in [0.717, 1.165) is 11.8 Å². The van der Waals surface area contributed by atoms with Crippen molar-refractivity contribution in [1.82, 2.24) is 0 Å². The van der Waals surface area contributed by atoms with Crippen LogP contribution in [-0.2, 0) is 0 Å². The van der Waals surface area contributed by atoms with Crippen LogP contribution in [0.2, 0.25) is 0 Å². The second-order valence-electron chi connectivity index (χ2n) is 1.05. The first kappa shape index (κ1) is 6.78. The minimum absolute atomic E-state index is 0.991. The topological polar surface area (TPSA) is 0 Å². The van der Waals surface area contributed by atoms with E-state index in [9.17, 15) is 0 Å². The fourth-order valence-corrected chi connectivity index (χ4v) is 0.479. The third kappa shape index (κ3) is 5.78. The summed E-state index contributed by atoms with van der Waals surface area (Å²) < 4.78 is 0. The minimum atomic E-state index is 0.991. The summed E-state index contributed by atoms with van der Waals surface area (Å²) in [6, 6.07) is 0. The molecule has 38 valence electrons. The van der Waals surface area contributed by atoms with E-state index in [1.165, 1.54) is 0 Å². The summed E-state index contributed by atoms with van der Waals surface area (Å²) in [6.45, 7) is 0. The summed E-state index contributed by atoms with van der Waals surface area (Å²) in [5.74, 6) is 2.40. The Kier molecular flexibility index (Phi) is 5.60. The Balaban J connectivity index is 2.97. The third-order valence-electron chi connectivity index (χ3n) is 0.490. The van der Waals surface area contributed by atoms with Crippen molar-refractivity contribution in [2.24, 2.45) is 0 Å². The summed E-state index contributed by atoms with van der Waals surface area (Å²) in [4.78, 5) is 0. The highest BCUT2D eigenvalue weighted by molar-refractivity contribution is 9.09. The summed E-state index contributed by atoms with van der Waals surface area (Å²) in [6.07, 6.45) is 9.60. The summed E-state index contributed by atoms with van der Waals surface area (Å²) in [7, 11) is 0. The van der Waals surface area contributed by atoms with Gasteiger partial charge in [0.25, 0.3) is 0 Å². The number of hydrogen-bond donors (Lipinski definition) is 0. The molecule has 0 saturated heterocycles. The number of hydrogen-bond acceptors (Lipinski definition) is 0. The lowest BCUT2D eigenvalue weighted by Gasteiger charge is -1.74. The van der Waals surface area contributed by atoms with E-state index in [1.807, 2.05) is 6.08 Å². The molecule has 0 bridgehead atoms. The first-order chi connectivity index (χ1) is 3.41. The van der Waals surface area contributed by atoms with Crippen LogP contribution in [0.3, 0.4) is 0 Å². The highest BCUT2D eigenvalue weighted by Crippen LogP contribution is 1.87. The van der Waals surface area contributed by atoms with Crippen molar-refractivity contribution in [3.8, 4) is 12.3 Å². The molecule has 0 rings (SSSR count). The molecule has 0 aromatic rings. The van der Waals surface area contributed by atoms with Crippen LogP contribution >= 0.6 is 15.9 Å². The Morgan fingerprint density at radius 2 is 2.43 bits per heavy atom. The van der Waals surface area contributed by atoms with Crippen LogP contribution in [0.25, 0.3) is 0 Å². The maximum absolute atomic E-state index is 4.92. The van der Waals surface area contributed by atoms with Gasteiger partial charge in [-0.1, -0.05) is 27.9 Å². The molecule has 0 unspecified atom stereocenters. The van der Waals surface area contributed by atoms with Gasteiger partial charge in [-0.3, -0.25) is 0 Å². The van der Waals surface area contributed by atoms with Crippen molar-refractivity contribution in [3.63, 3.8) is 0 Å². The fourth-order valence-electron chi connectivity index (χ4n) is 0.214. The van der Waals surface area contributed by atoms with Gasteiger partial charge >= 0.3 is 0 Å². The molecule has 0 amide bonds. The molecule has 0 aliphatic carbocycles. The largest absolute Gasteiger partial charge is 0.115 e. The van der Waals surface area contributed by atoms with Gasteiger partial charge in [-0.2, -0.15) is 0 Å². The fraction of sp³-hybridized carbons (Fsp3) is 0.333. The lowest BCUT2D eigenvalue weighted by molar-refractivity contribution is 1.26. The Bertz CT molecular complexity index is 86.8. The predicted octanol–water partition coefficient (Wildman–Crippen LogP) is 1.96. The zero-order valence-corrected chi connectivity index (χ0v) is 5.61. The maximum Gasteiger partial charge on any atom is 0.00662 e. The van der Waals surface area contributed by atoms with E-state index in [1.54, 1.807) is 6.08 Å². The molecule has 0 nitrogen and oxygen atoms in total. The van der Waals surface area contributed by atoms with Crippen LogP contribution in [0.4, 0.5) is 0 Å². The first-order valence-corrected chi connectivity index (χ1v) is 3.21. The van der Waals surface area contributed by atoms with Crippen molar-refractivity contribution in [2.45, 2.75) is 6.42 Å². The molecule has 0 spiro atoms. The molecule has 0 aromatic heterocycles. The van der Waals surface area contributed by atoms with Gasteiger partial charge in [-0.05, 0) is 12.5 Å².